The monoisotopic (exact) mass is 270 g/mol. The Kier molecular flexibility index (Phi) is 2.51. The van der Waals surface area contributed by atoms with Crippen molar-refractivity contribution in [2.24, 2.45) is 0 Å². The molecule has 0 fully saturated rings. The van der Waals surface area contributed by atoms with Crippen LogP contribution in [0.15, 0.2) is 30.3 Å². The van der Waals surface area contributed by atoms with Gasteiger partial charge in [-0.3, -0.25) is 10.1 Å². The zero-order valence-corrected chi connectivity index (χ0v) is 10.3. The fourth-order valence-corrected chi connectivity index (χ4v) is 2.51. The number of aromatic amines is 1. The number of nitrogens with one attached hydrogen (secondary N) is 1. The number of aromatic nitrogens is 2. The first kappa shape index (κ1) is 11.4. The average Bonchev–Trinajstić information content (AvgIpc) is 3.04. The molecule has 0 saturated heterocycles. The number of nitriles is 1. The second-order valence-electron chi connectivity index (χ2n) is 3.82. The van der Waals surface area contributed by atoms with Gasteiger partial charge >= 0.3 is 5.00 Å². The highest BCUT2D eigenvalue weighted by molar-refractivity contribution is 7.18. The molecule has 0 saturated carbocycles. The van der Waals surface area contributed by atoms with Gasteiger partial charge in [0.25, 0.3) is 0 Å². The molecule has 0 radical (unpaired) electrons. The van der Waals surface area contributed by atoms with Crippen LogP contribution in [0.5, 0.6) is 0 Å². The number of nitro groups is 1. The lowest BCUT2D eigenvalue weighted by Crippen LogP contribution is -1.80. The minimum Gasteiger partial charge on any atom is -0.337 e. The highest BCUT2D eigenvalue weighted by atomic mass is 32.1. The second kappa shape index (κ2) is 4.19. The fraction of sp³-hybridized carbons (Fsp3) is 0. The number of thiophene rings is 1. The summed E-state index contributed by atoms with van der Waals surface area (Å²) in [5.41, 5.74) is 2.01. The SMILES string of the molecule is N#Cc1ccc2nc(-c3ccc([N+](=O)[O-])s3)[nH]c2c1. The molecule has 0 spiro atoms. The van der Waals surface area contributed by atoms with Crippen molar-refractivity contribution in [1.29, 1.82) is 5.26 Å². The molecule has 0 amide bonds. The second-order valence-corrected chi connectivity index (χ2v) is 4.89. The molecule has 0 aliphatic carbocycles. The average molecular weight is 270 g/mol. The summed E-state index contributed by atoms with van der Waals surface area (Å²) in [6.45, 7) is 0. The first-order valence-corrected chi connectivity index (χ1v) is 6.13. The molecule has 92 valence electrons. The zero-order chi connectivity index (χ0) is 13.4. The van der Waals surface area contributed by atoms with E-state index in [-0.39, 0.29) is 5.00 Å². The molecule has 1 aromatic carbocycles. The normalized spacial score (nSPS) is 10.5. The predicted molar refractivity (Wildman–Crippen MR) is 70.8 cm³/mol. The van der Waals surface area contributed by atoms with E-state index >= 15 is 0 Å². The van der Waals surface area contributed by atoms with E-state index in [0.717, 1.165) is 22.4 Å². The van der Waals surface area contributed by atoms with Gasteiger partial charge in [0.05, 0.1) is 32.5 Å². The van der Waals surface area contributed by atoms with E-state index in [9.17, 15) is 10.1 Å². The molecule has 0 unspecified atom stereocenters. The van der Waals surface area contributed by atoms with E-state index in [0.29, 0.717) is 16.3 Å². The quantitative estimate of drug-likeness (QED) is 0.571. The molecule has 2 heterocycles. The Morgan fingerprint density at radius 1 is 1.37 bits per heavy atom. The van der Waals surface area contributed by atoms with Gasteiger partial charge in [-0.05, 0) is 24.3 Å². The minimum absolute atomic E-state index is 0.0770. The number of H-pyrrole nitrogens is 1. The predicted octanol–water partition coefficient (Wildman–Crippen LogP) is 3.07. The molecular formula is C12H6N4O2S. The summed E-state index contributed by atoms with van der Waals surface area (Å²) in [4.78, 5) is 18.3. The molecule has 2 aromatic heterocycles. The Balaban J connectivity index is 2.09. The molecule has 0 atom stereocenters. The van der Waals surface area contributed by atoms with Crippen molar-refractivity contribution in [3.63, 3.8) is 0 Å². The van der Waals surface area contributed by atoms with Gasteiger partial charge in [0.15, 0.2) is 0 Å². The van der Waals surface area contributed by atoms with Crippen LogP contribution in [0.3, 0.4) is 0 Å². The van der Waals surface area contributed by atoms with Gasteiger partial charge < -0.3 is 4.98 Å². The molecule has 1 N–H and O–H groups in total. The molecule has 7 heteroatoms. The van der Waals surface area contributed by atoms with E-state index in [1.54, 1.807) is 24.3 Å². The van der Waals surface area contributed by atoms with E-state index in [2.05, 4.69) is 16.0 Å². The maximum absolute atomic E-state index is 10.7. The Hall–Kier alpha value is -2.72. The summed E-state index contributed by atoms with van der Waals surface area (Å²) in [5.74, 6) is 0.572. The Bertz CT molecular complexity index is 828. The first-order chi connectivity index (χ1) is 9.17. The molecule has 3 aromatic rings. The van der Waals surface area contributed by atoms with Crippen molar-refractivity contribution in [2.75, 3.05) is 0 Å². The largest absolute Gasteiger partial charge is 0.337 e. The lowest BCUT2D eigenvalue weighted by molar-refractivity contribution is -0.380. The van der Waals surface area contributed by atoms with Gasteiger partial charge in [-0.2, -0.15) is 5.26 Å². The van der Waals surface area contributed by atoms with Crippen LogP contribution in [0.2, 0.25) is 0 Å². The van der Waals surface area contributed by atoms with Crippen LogP contribution < -0.4 is 0 Å². The van der Waals surface area contributed by atoms with Crippen LogP contribution in [0.1, 0.15) is 5.56 Å². The molecule has 3 rings (SSSR count). The maximum Gasteiger partial charge on any atom is 0.324 e. The van der Waals surface area contributed by atoms with Crippen LogP contribution in [-0.4, -0.2) is 14.9 Å². The third-order valence-corrected chi connectivity index (χ3v) is 3.66. The summed E-state index contributed by atoms with van der Waals surface area (Å²) in [7, 11) is 0. The van der Waals surface area contributed by atoms with E-state index in [1.165, 1.54) is 6.07 Å². The van der Waals surface area contributed by atoms with Crippen molar-refractivity contribution in [1.82, 2.24) is 9.97 Å². The highest BCUT2D eigenvalue weighted by Crippen LogP contribution is 2.32. The standard InChI is InChI=1S/C12H6N4O2S/c13-6-7-1-2-8-9(5-7)15-12(14-8)10-3-4-11(19-10)16(17)18/h1-5H,(H,14,15). The number of nitrogens with zero attached hydrogens (tertiary/aromatic N) is 3. The summed E-state index contributed by atoms with van der Waals surface area (Å²) in [5, 5.41) is 19.6. The molecule has 0 bridgehead atoms. The molecule has 19 heavy (non-hydrogen) atoms. The first-order valence-electron chi connectivity index (χ1n) is 5.32. The van der Waals surface area contributed by atoms with Crippen molar-refractivity contribution < 1.29 is 4.92 Å². The van der Waals surface area contributed by atoms with Gasteiger partial charge in [0.1, 0.15) is 5.82 Å². The van der Waals surface area contributed by atoms with E-state index in [1.807, 2.05) is 0 Å². The number of hydrogen-bond acceptors (Lipinski definition) is 5. The summed E-state index contributed by atoms with van der Waals surface area (Å²) >= 11 is 1.06. The zero-order valence-electron chi connectivity index (χ0n) is 9.45. The molecule has 0 aliphatic rings. The molecule has 0 aliphatic heterocycles. The van der Waals surface area contributed by atoms with Gasteiger partial charge in [-0.15, -0.1) is 0 Å². The fourth-order valence-electron chi connectivity index (χ4n) is 1.75. The van der Waals surface area contributed by atoms with Crippen LogP contribution in [-0.2, 0) is 0 Å². The number of benzene rings is 1. The minimum atomic E-state index is -0.426. The molecule has 6 nitrogen and oxygen atoms in total. The van der Waals surface area contributed by atoms with Crippen molar-refractivity contribution >= 4 is 27.4 Å². The number of hydrogen-bond donors (Lipinski definition) is 1. The maximum atomic E-state index is 10.7. The van der Waals surface area contributed by atoms with Crippen molar-refractivity contribution in [2.45, 2.75) is 0 Å². The molecular weight excluding hydrogens is 264 g/mol. The Labute approximate surface area is 111 Å². The summed E-state index contributed by atoms with van der Waals surface area (Å²) < 4.78 is 0. The Morgan fingerprint density at radius 3 is 2.89 bits per heavy atom. The Morgan fingerprint density at radius 2 is 2.21 bits per heavy atom. The van der Waals surface area contributed by atoms with Crippen LogP contribution in [0.25, 0.3) is 21.7 Å². The smallest absolute Gasteiger partial charge is 0.324 e. The van der Waals surface area contributed by atoms with Crippen molar-refractivity contribution in [3.8, 4) is 16.8 Å². The van der Waals surface area contributed by atoms with Gasteiger partial charge in [0.2, 0.25) is 0 Å². The highest BCUT2D eigenvalue weighted by Gasteiger charge is 2.13. The van der Waals surface area contributed by atoms with Gasteiger partial charge in [-0.1, -0.05) is 11.3 Å². The van der Waals surface area contributed by atoms with E-state index < -0.39 is 4.92 Å². The van der Waals surface area contributed by atoms with Gasteiger partial charge in [0, 0.05) is 6.07 Å². The lowest BCUT2D eigenvalue weighted by Gasteiger charge is -1.87. The van der Waals surface area contributed by atoms with Crippen LogP contribution >= 0.6 is 11.3 Å². The number of rotatable bonds is 2. The number of imidazole rings is 1. The van der Waals surface area contributed by atoms with E-state index in [4.69, 9.17) is 5.26 Å². The van der Waals surface area contributed by atoms with Crippen LogP contribution in [0, 0.1) is 21.4 Å². The number of fused-ring (bicyclic) bond motifs is 1. The summed E-state index contributed by atoms with van der Waals surface area (Å²) in [6, 6.07) is 10.3. The summed E-state index contributed by atoms with van der Waals surface area (Å²) in [6.07, 6.45) is 0. The third-order valence-electron chi connectivity index (χ3n) is 2.62. The van der Waals surface area contributed by atoms with Crippen LogP contribution in [0.4, 0.5) is 5.00 Å². The topological polar surface area (TPSA) is 95.6 Å². The van der Waals surface area contributed by atoms with Gasteiger partial charge in [-0.25, -0.2) is 4.98 Å². The van der Waals surface area contributed by atoms with Crippen molar-refractivity contribution in [3.05, 3.63) is 46.0 Å². The third kappa shape index (κ3) is 1.94. The lowest BCUT2D eigenvalue weighted by atomic mass is 10.2.